The van der Waals surface area contributed by atoms with Gasteiger partial charge in [-0.1, -0.05) is 19.9 Å². The molecule has 110 valence electrons. The number of amides is 1. The molecule has 4 heteroatoms. The molecule has 1 N–H and O–H groups in total. The first-order chi connectivity index (χ1) is 10.1. The van der Waals surface area contributed by atoms with Gasteiger partial charge in [0.25, 0.3) is 0 Å². The largest absolute Gasteiger partial charge is 0.493 e. The molecule has 0 bridgehead atoms. The number of carbonyl (C=O) groups excluding carboxylic acids is 1. The number of pyridine rings is 1. The standard InChI is InChI=1S/C17H20N2O2/c1-4-21-16-9-8-13(19-17(20)12(2)3)11-14(16)15-7-5-6-10-18-15/h5-12H,4H2,1-3H3,(H,19,20). The van der Waals surface area contributed by atoms with Gasteiger partial charge in [-0.15, -0.1) is 0 Å². The Hall–Kier alpha value is -2.36. The van der Waals surface area contributed by atoms with Gasteiger partial charge in [-0.3, -0.25) is 9.78 Å². The van der Waals surface area contributed by atoms with Crippen LogP contribution < -0.4 is 10.1 Å². The third-order valence-electron chi connectivity index (χ3n) is 3.01. The van der Waals surface area contributed by atoms with E-state index in [4.69, 9.17) is 4.74 Å². The maximum Gasteiger partial charge on any atom is 0.226 e. The Kier molecular flexibility index (Phi) is 4.93. The lowest BCUT2D eigenvalue weighted by Crippen LogP contribution is -2.17. The summed E-state index contributed by atoms with van der Waals surface area (Å²) < 4.78 is 5.65. The smallest absolute Gasteiger partial charge is 0.226 e. The molecule has 21 heavy (non-hydrogen) atoms. The molecule has 2 aromatic rings. The molecule has 0 saturated heterocycles. The van der Waals surface area contributed by atoms with Crippen molar-refractivity contribution in [1.82, 2.24) is 4.98 Å². The molecule has 0 aliphatic rings. The highest BCUT2D eigenvalue weighted by atomic mass is 16.5. The lowest BCUT2D eigenvalue weighted by atomic mass is 10.1. The Morgan fingerprint density at radius 2 is 2.10 bits per heavy atom. The van der Waals surface area contributed by atoms with E-state index < -0.39 is 0 Å². The van der Waals surface area contributed by atoms with Crippen LogP contribution in [-0.4, -0.2) is 17.5 Å². The number of benzene rings is 1. The van der Waals surface area contributed by atoms with Crippen LogP contribution in [0.3, 0.4) is 0 Å². The van der Waals surface area contributed by atoms with Gasteiger partial charge in [0, 0.05) is 23.4 Å². The molecule has 2 rings (SSSR count). The second kappa shape index (κ2) is 6.88. The molecule has 0 radical (unpaired) electrons. The van der Waals surface area contributed by atoms with Gasteiger partial charge in [0.2, 0.25) is 5.91 Å². The number of anilines is 1. The van der Waals surface area contributed by atoms with Gasteiger partial charge in [-0.25, -0.2) is 0 Å². The second-order valence-corrected chi connectivity index (χ2v) is 5.00. The number of hydrogen-bond acceptors (Lipinski definition) is 3. The summed E-state index contributed by atoms with van der Waals surface area (Å²) in [6, 6.07) is 11.3. The van der Waals surface area contributed by atoms with E-state index in [-0.39, 0.29) is 11.8 Å². The Labute approximate surface area is 125 Å². The van der Waals surface area contributed by atoms with Crippen LogP contribution in [0, 0.1) is 5.92 Å². The van der Waals surface area contributed by atoms with Crippen molar-refractivity contribution >= 4 is 11.6 Å². The zero-order chi connectivity index (χ0) is 15.2. The summed E-state index contributed by atoms with van der Waals surface area (Å²) in [6.07, 6.45) is 1.74. The summed E-state index contributed by atoms with van der Waals surface area (Å²) in [4.78, 5) is 16.2. The monoisotopic (exact) mass is 284 g/mol. The number of hydrogen-bond donors (Lipinski definition) is 1. The number of nitrogens with one attached hydrogen (secondary N) is 1. The quantitative estimate of drug-likeness (QED) is 0.910. The van der Waals surface area contributed by atoms with Crippen LogP contribution in [0.1, 0.15) is 20.8 Å². The normalized spacial score (nSPS) is 10.5. The number of ether oxygens (including phenoxy) is 1. The van der Waals surface area contributed by atoms with Crippen molar-refractivity contribution in [2.24, 2.45) is 5.92 Å². The fraction of sp³-hybridized carbons (Fsp3) is 0.294. The number of carbonyl (C=O) groups is 1. The topological polar surface area (TPSA) is 51.2 Å². The van der Waals surface area contributed by atoms with E-state index in [1.165, 1.54) is 0 Å². The van der Waals surface area contributed by atoms with Crippen molar-refractivity contribution in [3.05, 3.63) is 42.6 Å². The van der Waals surface area contributed by atoms with E-state index in [9.17, 15) is 4.79 Å². The van der Waals surface area contributed by atoms with E-state index in [1.807, 2.05) is 57.2 Å². The third-order valence-corrected chi connectivity index (χ3v) is 3.01. The van der Waals surface area contributed by atoms with Crippen LogP contribution >= 0.6 is 0 Å². The van der Waals surface area contributed by atoms with E-state index in [0.29, 0.717) is 6.61 Å². The van der Waals surface area contributed by atoms with Gasteiger partial charge in [0.05, 0.1) is 12.3 Å². The number of rotatable bonds is 5. The van der Waals surface area contributed by atoms with E-state index in [2.05, 4.69) is 10.3 Å². The van der Waals surface area contributed by atoms with Crippen molar-refractivity contribution < 1.29 is 9.53 Å². The molecule has 0 spiro atoms. The fourth-order valence-electron chi connectivity index (χ4n) is 1.90. The lowest BCUT2D eigenvalue weighted by molar-refractivity contribution is -0.118. The molecule has 0 aliphatic carbocycles. The minimum atomic E-state index is -0.0603. The zero-order valence-corrected chi connectivity index (χ0v) is 12.6. The molecule has 1 aromatic carbocycles. The maximum absolute atomic E-state index is 11.8. The first-order valence-electron chi connectivity index (χ1n) is 7.11. The summed E-state index contributed by atoms with van der Waals surface area (Å²) in [6.45, 7) is 6.25. The molecule has 1 aromatic heterocycles. The second-order valence-electron chi connectivity index (χ2n) is 5.00. The highest BCUT2D eigenvalue weighted by molar-refractivity contribution is 5.93. The van der Waals surface area contributed by atoms with Crippen LogP contribution in [-0.2, 0) is 4.79 Å². The first-order valence-corrected chi connectivity index (χ1v) is 7.11. The summed E-state index contributed by atoms with van der Waals surface area (Å²) in [5, 5.41) is 2.90. The summed E-state index contributed by atoms with van der Waals surface area (Å²) >= 11 is 0. The molecule has 1 heterocycles. The average molecular weight is 284 g/mol. The molecule has 0 fully saturated rings. The minimum Gasteiger partial charge on any atom is -0.493 e. The van der Waals surface area contributed by atoms with E-state index >= 15 is 0 Å². The molecule has 0 unspecified atom stereocenters. The Bertz CT molecular complexity index is 609. The minimum absolute atomic E-state index is 0.00821. The zero-order valence-electron chi connectivity index (χ0n) is 12.6. The summed E-state index contributed by atoms with van der Waals surface area (Å²) in [7, 11) is 0. The highest BCUT2D eigenvalue weighted by Gasteiger charge is 2.11. The fourth-order valence-corrected chi connectivity index (χ4v) is 1.90. The highest BCUT2D eigenvalue weighted by Crippen LogP contribution is 2.31. The van der Waals surface area contributed by atoms with Crippen molar-refractivity contribution in [3.8, 4) is 17.0 Å². The van der Waals surface area contributed by atoms with E-state index in [0.717, 1.165) is 22.7 Å². The lowest BCUT2D eigenvalue weighted by Gasteiger charge is -2.13. The Morgan fingerprint density at radius 3 is 2.71 bits per heavy atom. The molecule has 4 nitrogen and oxygen atoms in total. The maximum atomic E-state index is 11.8. The molecular weight excluding hydrogens is 264 g/mol. The third kappa shape index (κ3) is 3.81. The Morgan fingerprint density at radius 1 is 1.29 bits per heavy atom. The predicted molar refractivity (Wildman–Crippen MR) is 84.3 cm³/mol. The van der Waals surface area contributed by atoms with Crippen molar-refractivity contribution in [1.29, 1.82) is 0 Å². The van der Waals surface area contributed by atoms with Crippen molar-refractivity contribution in [3.63, 3.8) is 0 Å². The molecular formula is C17H20N2O2. The van der Waals surface area contributed by atoms with Crippen LogP contribution in [0.5, 0.6) is 5.75 Å². The van der Waals surface area contributed by atoms with Crippen molar-refractivity contribution in [2.75, 3.05) is 11.9 Å². The van der Waals surface area contributed by atoms with Gasteiger partial charge in [-0.05, 0) is 37.3 Å². The van der Waals surface area contributed by atoms with Crippen LogP contribution in [0.25, 0.3) is 11.3 Å². The predicted octanol–water partition coefficient (Wildman–Crippen LogP) is 3.74. The molecule has 0 aliphatic heterocycles. The number of nitrogens with zero attached hydrogens (tertiary/aromatic N) is 1. The average Bonchev–Trinajstić information content (AvgIpc) is 2.49. The summed E-state index contributed by atoms with van der Waals surface area (Å²) in [5.74, 6) is 0.694. The van der Waals surface area contributed by atoms with Gasteiger partial charge in [-0.2, -0.15) is 0 Å². The van der Waals surface area contributed by atoms with Gasteiger partial charge < -0.3 is 10.1 Å². The van der Waals surface area contributed by atoms with Gasteiger partial charge in [0.1, 0.15) is 5.75 Å². The van der Waals surface area contributed by atoms with Gasteiger partial charge >= 0.3 is 0 Å². The number of aromatic nitrogens is 1. The Balaban J connectivity index is 2.37. The first kappa shape index (κ1) is 15.0. The van der Waals surface area contributed by atoms with Crippen LogP contribution in [0.15, 0.2) is 42.6 Å². The van der Waals surface area contributed by atoms with Gasteiger partial charge in [0.15, 0.2) is 0 Å². The molecule has 0 atom stereocenters. The molecule has 0 saturated carbocycles. The molecule has 1 amide bonds. The summed E-state index contributed by atoms with van der Waals surface area (Å²) in [5.41, 5.74) is 2.44. The van der Waals surface area contributed by atoms with Crippen molar-refractivity contribution in [2.45, 2.75) is 20.8 Å². The van der Waals surface area contributed by atoms with E-state index in [1.54, 1.807) is 6.20 Å². The van der Waals surface area contributed by atoms with Crippen LogP contribution in [0.4, 0.5) is 5.69 Å². The van der Waals surface area contributed by atoms with Crippen LogP contribution in [0.2, 0.25) is 0 Å². The SMILES string of the molecule is CCOc1ccc(NC(=O)C(C)C)cc1-c1ccccn1.